The van der Waals surface area contributed by atoms with Crippen molar-refractivity contribution in [3.8, 4) is 0 Å². The zero-order valence-corrected chi connectivity index (χ0v) is 14.0. The molecule has 0 aliphatic rings. The predicted octanol–water partition coefficient (Wildman–Crippen LogP) is 1.37. The van der Waals surface area contributed by atoms with Gasteiger partial charge < -0.3 is 9.09 Å². The quantitative estimate of drug-likeness (QED) is 0.890. The maximum atomic E-state index is 12.5. The summed E-state index contributed by atoms with van der Waals surface area (Å²) in [6.45, 7) is 7.25. The minimum absolute atomic E-state index is 0.157. The third kappa shape index (κ3) is 3.24. The molecule has 0 aliphatic heterocycles. The SMILES string of the molecule is Cc1cc(NC(=O)[C@@H](C)[S@@](=O)c2nnc(C(C)C)n2C)on1. The number of nitrogens with one attached hydrogen (secondary N) is 1. The Morgan fingerprint density at radius 2 is 2.05 bits per heavy atom. The maximum Gasteiger partial charge on any atom is 0.242 e. The van der Waals surface area contributed by atoms with Gasteiger partial charge in [-0.15, -0.1) is 10.2 Å². The summed E-state index contributed by atoms with van der Waals surface area (Å²) in [6, 6.07) is 1.59. The molecular formula is C13H19N5O3S. The number of anilines is 1. The van der Waals surface area contributed by atoms with Crippen molar-refractivity contribution in [2.75, 3.05) is 5.32 Å². The number of carbonyl (C=O) groups is 1. The lowest BCUT2D eigenvalue weighted by Crippen LogP contribution is -2.30. The summed E-state index contributed by atoms with van der Waals surface area (Å²) in [5, 5.41) is 13.7. The lowest BCUT2D eigenvalue weighted by molar-refractivity contribution is -0.115. The molecule has 1 N–H and O–H groups in total. The first-order valence-electron chi connectivity index (χ1n) is 6.85. The molecule has 22 heavy (non-hydrogen) atoms. The van der Waals surface area contributed by atoms with Crippen molar-refractivity contribution in [2.24, 2.45) is 7.05 Å². The molecule has 2 aromatic rings. The zero-order chi connectivity index (χ0) is 16.4. The van der Waals surface area contributed by atoms with Crippen molar-refractivity contribution in [3.63, 3.8) is 0 Å². The summed E-state index contributed by atoms with van der Waals surface area (Å²) in [7, 11) is 0.126. The van der Waals surface area contributed by atoms with E-state index in [1.807, 2.05) is 13.8 Å². The van der Waals surface area contributed by atoms with E-state index < -0.39 is 22.0 Å². The van der Waals surface area contributed by atoms with Gasteiger partial charge in [0.25, 0.3) is 0 Å². The molecule has 0 bridgehead atoms. The number of amides is 1. The number of hydrogen-bond donors (Lipinski definition) is 1. The molecule has 120 valence electrons. The van der Waals surface area contributed by atoms with Gasteiger partial charge in [0.1, 0.15) is 21.9 Å². The van der Waals surface area contributed by atoms with E-state index in [1.165, 1.54) is 0 Å². The van der Waals surface area contributed by atoms with Gasteiger partial charge in [-0.25, -0.2) is 0 Å². The van der Waals surface area contributed by atoms with Crippen LogP contribution >= 0.6 is 0 Å². The van der Waals surface area contributed by atoms with Crippen LogP contribution in [-0.2, 0) is 22.6 Å². The summed E-state index contributed by atoms with van der Waals surface area (Å²) in [5.74, 6) is 0.683. The second-order valence-electron chi connectivity index (χ2n) is 5.32. The third-order valence-corrected chi connectivity index (χ3v) is 4.70. The van der Waals surface area contributed by atoms with Crippen LogP contribution < -0.4 is 5.32 Å². The van der Waals surface area contributed by atoms with Crippen LogP contribution in [0.1, 0.15) is 38.2 Å². The zero-order valence-electron chi connectivity index (χ0n) is 13.2. The van der Waals surface area contributed by atoms with Crippen molar-refractivity contribution < 1.29 is 13.5 Å². The Morgan fingerprint density at radius 3 is 2.55 bits per heavy atom. The van der Waals surface area contributed by atoms with Crippen LogP contribution in [0.3, 0.4) is 0 Å². The van der Waals surface area contributed by atoms with Crippen LogP contribution in [0.15, 0.2) is 15.7 Å². The van der Waals surface area contributed by atoms with Crippen LogP contribution in [0.4, 0.5) is 5.88 Å². The number of rotatable bonds is 5. The Kier molecular flexibility index (Phi) is 4.74. The standard InChI is InChI=1S/C13H19N5O3S/c1-7(2)11-15-16-13(18(11)5)22(20)9(4)12(19)14-10-6-8(3)17-21-10/h6-7,9H,1-5H3,(H,14,19)/t9-,22-/m1/s1. The molecule has 9 heteroatoms. The van der Waals surface area contributed by atoms with Gasteiger partial charge in [-0.2, -0.15) is 0 Å². The first-order chi connectivity index (χ1) is 10.3. The largest absolute Gasteiger partial charge is 0.338 e. The maximum absolute atomic E-state index is 12.5. The molecule has 0 unspecified atom stereocenters. The fourth-order valence-electron chi connectivity index (χ4n) is 1.91. The topological polar surface area (TPSA) is 103 Å². The summed E-state index contributed by atoms with van der Waals surface area (Å²) >= 11 is 0. The summed E-state index contributed by atoms with van der Waals surface area (Å²) < 4.78 is 19.1. The molecule has 0 saturated heterocycles. The van der Waals surface area contributed by atoms with Crippen molar-refractivity contribution in [3.05, 3.63) is 17.6 Å². The summed E-state index contributed by atoms with van der Waals surface area (Å²) in [4.78, 5) is 12.1. The smallest absolute Gasteiger partial charge is 0.242 e. The average molecular weight is 325 g/mol. The van der Waals surface area contributed by atoms with Gasteiger partial charge in [-0.1, -0.05) is 19.0 Å². The Labute approximate surface area is 130 Å². The second kappa shape index (κ2) is 6.39. The molecule has 0 radical (unpaired) electrons. The molecule has 8 nitrogen and oxygen atoms in total. The monoisotopic (exact) mass is 325 g/mol. The van der Waals surface area contributed by atoms with Gasteiger partial charge in [-0.05, 0) is 13.8 Å². The van der Waals surface area contributed by atoms with Crippen LogP contribution in [0, 0.1) is 6.92 Å². The van der Waals surface area contributed by atoms with Crippen LogP contribution in [0.5, 0.6) is 0 Å². The lowest BCUT2D eigenvalue weighted by Gasteiger charge is -2.10. The number of nitrogens with zero attached hydrogens (tertiary/aromatic N) is 4. The van der Waals surface area contributed by atoms with E-state index in [1.54, 1.807) is 31.5 Å². The number of hydrogen-bond acceptors (Lipinski definition) is 6. The number of carbonyl (C=O) groups excluding carboxylic acids is 1. The van der Waals surface area contributed by atoms with E-state index in [0.717, 1.165) is 5.82 Å². The van der Waals surface area contributed by atoms with E-state index in [0.29, 0.717) is 5.69 Å². The molecule has 0 aliphatic carbocycles. The Balaban J connectivity index is 2.13. The van der Waals surface area contributed by atoms with E-state index in [9.17, 15) is 9.00 Å². The first kappa shape index (κ1) is 16.3. The third-order valence-electron chi connectivity index (χ3n) is 3.13. The van der Waals surface area contributed by atoms with Crippen molar-refractivity contribution >= 4 is 22.6 Å². The molecule has 0 fully saturated rings. The summed E-state index contributed by atoms with van der Waals surface area (Å²) in [6.07, 6.45) is 0. The molecule has 2 heterocycles. The van der Waals surface area contributed by atoms with E-state index in [-0.39, 0.29) is 17.0 Å². The van der Waals surface area contributed by atoms with Crippen molar-refractivity contribution in [1.82, 2.24) is 19.9 Å². The predicted molar refractivity (Wildman–Crippen MR) is 80.8 cm³/mol. The molecule has 0 aromatic carbocycles. The average Bonchev–Trinajstić information content (AvgIpc) is 3.03. The van der Waals surface area contributed by atoms with E-state index >= 15 is 0 Å². The molecule has 0 spiro atoms. The van der Waals surface area contributed by atoms with Crippen LogP contribution in [0.25, 0.3) is 0 Å². The van der Waals surface area contributed by atoms with Crippen LogP contribution in [0.2, 0.25) is 0 Å². The highest BCUT2D eigenvalue weighted by atomic mass is 32.2. The number of aromatic nitrogens is 4. The Morgan fingerprint density at radius 1 is 1.36 bits per heavy atom. The molecular weight excluding hydrogens is 306 g/mol. The highest BCUT2D eigenvalue weighted by molar-refractivity contribution is 7.86. The van der Waals surface area contributed by atoms with Gasteiger partial charge in [0.15, 0.2) is 0 Å². The number of aryl methyl sites for hydroxylation is 1. The molecule has 0 saturated carbocycles. The first-order valence-corrected chi connectivity index (χ1v) is 8.06. The molecule has 2 atom stereocenters. The van der Waals surface area contributed by atoms with Crippen molar-refractivity contribution in [2.45, 2.75) is 44.0 Å². The Hall–Kier alpha value is -2.03. The highest BCUT2D eigenvalue weighted by Crippen LogP contribution is 2.17. The second-order valence-corrected chi connectivity index (χ2v) is 6.98. The lowest BCUT2D eigenvalue weighted by atomic mass is 10.2. The molecule has 2 aromatic heterocycles. The van der Waals surface area contributed by atoms with Crippen molar-refractivity contribution in [1.29, 1.82) is 0 Å². The van der Waals surface area contributed by atoms with Gasteiger partial charge in [0.2, 0.25) is 16.9 Å². The Bertz CT molecular complexity index is 706. The fourth-order valence-corrected chi connectivity index (χ4v) is 2.96. The van der Waals surface area contributed by atoms with Gasteiger partial charge in [-0.3, -0.25) is 14.3 Å². The van der Waals surface area contributed by atoms with Gasteiger partial charge in [0.05, 0.1) is 5.69 Å². The highest BCUT2D eigenvalue weighted by Gasteiger charge is 2.27. The molecule has 2 rings (SSSR count). The minimum atomic E-state index is -1.62. The van der Waals surface area contributed by atoms with Gasteiger partial charge in [0, 0.05) is 19.0 Å². The molecule has 1 amide bonds. The van der Waals surface area contributed by atoms with Crippen LogP contribution in [-0.4, -0.2) is 35.3 Å². The normalized spacial score (nSPS) is 14.1. The van der Waals surface area contributed by atoms with E-state index in [2.05, 4.69) is 20.7 Å². The van der Waals surface area contributed by atoms with E-state index in [4.69, 9.17) is 4.52 Å². The summed E-state index contributed by atoms with van der Waals surface area (Å²) in [5.41, 5.74) is 0.652. The van der Waals surface area contributed by atoms with Gasteiger partial charge >= 0.3 is 0 Å². The minimum Gasteiger partial charge on any atom is -0.338 e. The fraction of sp³-hybridized carbons (Fsp3) is 0.538.